The number of nitrogens with one attached hydrogen (secondary N) is 1. The molecular weight excluding hydrogens is 248 g/mol. The van der Waals surface area contributed by atoms with Gasteiger partial charge in [0, 0.05) is 17.2 Å². The van der Waals surface area contributed by atoms with Gasteiger partial charge in [-0.25, -0.2) is 0 Å². The highest BCUT2D eigenvalue weighted by molar-refractivity contribution is 5.58. The molecule has 0 aliphatic carbocycles. The van der Waals surface area contributed by atoms with Gasteiger partial charge in [0.25, 0.3) is 11.6 Å². The Morgan fingerprint density at radius 1 is 1.47 bits per heavy atom. The zero-order valence-electron chi connectivity index (χ0n) is 10.7. The minimum absolute atomic E-state index is 0.0798. The summed E-state index contributed by atoms with van der Waals surface area (Å²) in [5.74, 6) is 0.929. The van der Waals surface area contributed by atoms with Gasteiger partial charge in [-0.3, -0.25) is 10.1 Å². The maximum absolute atomic E-state index is 10.7. The van der Waals surface area contributed by atoms with Gasteiger partial charge in [-0.15, -0.1) is 0 Å². The zero-order valence-corrected chi connectivity index (χ0v) is 10.7. The van der Waals surface area contributed by atoms with Crippen LogP contribution in [0.4, 0.5) is 5.69 Å². The summed E-state index contributed by atoms with van der Waals surface area (Å²) >= 11 is 0. The van der Waals surface area contributed by atoms with Gasteiger partial charge in [-0.2, -0.15) is 4.98 Å². The molecular formula is C12H14N4O3. The molecule has 0 aliphatic heterocycles. The number of rotatable bonds is 5. The number of benzene rings is 1. The first-order valence-electron chi connectivity index (χ1n) is 5.90. The third-order valence-electron chi connectivity index (χ3n) is 2.64. The van der Waals surface area contributed by atoms with Crippen molar-refractivity contribution in [3.63, 3.8) is 0 Å². The van der Waals surface area contributed by atoms with Gasteiger partial charge in [-0.05, 0) is 25.6 Å². The zero-order chi connectivity index (χ0) is 13.8. The maximum atomic E-state index is 10.7. The van der Waals surface area contributed by atoms with Crippen LogP contribution in [-0.4, -0.2) is 21.6 Å². The Morgan fingerprint density at radius 2 is 2.26 bits per heavy atom. The van der Waals surface area contributed by atoms with E-state index in [9.17, 15) is 10.1 Å². The molecule has 1 aromatic heterocycles. The Hall–Kier alpha value is -2.28. The number of hydrogen-bond donors (Lipinski definition) is 1. The van der Waals surface area contributed by atoms with Crippen molar-refractivity contribution in [1.29, 1.82) is 0 Å². The van der Waals surface area contributed by atoms with Gasteiger partial charge in [0.05, 0.1) is 11.5 Å². The molecule has 0 amide bonds. The van der Waals surface area contributed by atoms with E-state index in [0.29, 0.717) is 29.4 Å². The van der Waals surface area contributed by atoms with Crippen LogP contribution in [0.5, 0.6) is 0 Å². The molecule has 0 fully saturated rings. The Labute approximate surface area is 109 Å². The van der Waals surface area contributed by atoms with E-state index >= 15 is 0 Å². The molecule has 0 radical (unpaired) electrons. The SMILES string of the molecule is CCNCc1noc(-c2ccc([N+](=O)[O-])c(C)c2)n1. The van der Waals surface area contributed by atoms with Gasteiger partial charge >= 0.3 is 0 Å². The van der Waals surface area contributed by atoms with Crippen molar-refractivity contribution in [2.75, 3.05) is 6.54 Å². The number of nitro groups is 1. The molecule has 0 unspecified atom stereocenters. The van der Waals surface area contributed by atoms with Gasteiger partial charge in [0.1, 0.15) is 0 Å². The lowest BCUT2D eigenvalue weighted by Gasteiger charge is -1.98. The summed E-state index contributed by atoms with van der Waals surface area (Å²) in [4.78, 5) is 14.5. The third kappa shape index (κ3) is 2.94. The van der Waals surface area contributed by atoms with E-state index in [1.165, 1.54) is 6.07 Å². The number of nitro benzene ring substituents is 1. The Morgan fingerprint density at radius 3 is 2.89 bits per heavy atom. The van der Waals surface area contributed by atoms with Crippen LogP contribution >= 0.6 is 0 Å². The van der Waals surface area contributed by atoms with E-state index in [2.05, 4.69) is 15.5 Å². The largest absolute Gasteiger partial charge is 0.334 e. The Bertz CT molecular complexity index is 594. The normalized spacial score (nSPS) is 10.6. The molecule has 0 saturated carbocycles. The van der Waals surface area contributed by atoms with Crippen LogP contribution < -0.4 is 5.32 Å². The fourth-order valence-electron chi connectivity index (χ4n) is 1.67. The van der Waals surface area contributed by atoms with E-state index < -0.39 is 4.92 Å². The molecule has 0 spiro atoms. The van der Waals surface area contributed by atoms with Crippen LogP contribution in [0.25, 0.3) is 11.5 Å². The average Bonchev–Trinajstić information content (AvgIpc) is 2.84. The number of aromatic nitrogens is 2. The molecule has 0 saturated heterocycles. The molecule has 0 atom stereocenters. The summed E-state index contributed by atoms with van der Waals surface area (Å²) in [6, 6.07) is 4.72. The maximum Gasteiger partial charge on any atom is 0.272 e. The summed E-state index contributed by atoms with van der Waals surface area (Å²) in [5.41, 5.74) is 1.32. The number of nitrogens with zero attached hydrogens (tertiary/aromatic N) is 3. The molecule has 2 aromatic rings. The van der Waals surface area contributed by atoms with Crippen LogP contribution in [-0.2, 0) is 6.54 Å². The molecule has 7 heteroatoms. The summed E-state index contributed by atoms with van der Waals surface area (Å²) in [6.07, 6.45) is 0. The quantitative estimate of drug-likeness (QED) is 0.654. The van der Waals surface area contributed by atoms with Crippen molar-refractivity contribution < 1.29 is 9.45 Å². The van der Waals surface area contributed by atoms with Crippen LogP contribution in [0.2, 0.25) is 0 Å². The predicted molar refractivity (Wildman–Crippen MR) is 68.5 cm³/mol. The first kappa shape index (κ1) is 13.2. The average molecular weight is 262 g/mol. The monoisotopic (exact) mass is 262 g/mol. The second kappa shape index (κ2) is 5.57. The summed E-state index contributed by atoms with van der Waals surface area (Å²) in [5, 5.41) is 17.7. The first-order valence-corrected chi connectivity index (χ1v) is 5.90. The summed E-state index contributed by atoms with van der Waals surface area (Å²) < 4.78 is 5.13. The van der Waals surface area contributed by atoms with Crippen LogP contribution in [0.15, 0.2) is 22.7 Å². The van der Waals surface area contributed by atoms with Crippen molar-refractivity contribution in [3.8, 4) is 11.5 Å². The van der Waals surface area contributed by atoms with Gasteiger partial charge in [0.2, 0.25) is 0 Å². The topological polar surface area (TPSA) is 94.1 Å². The summed E-state index contributed by atoms with van der Waals surface area (Å²) in [7, 11) is 0. The fourth-order valence-corrected chi connectivity index (χ4v) is 1.67. The fraction of sp³-hybridized carbons (Fsp3) is 0.333. The van der Waals surface area contributed by atoms with Crippen LogP contribution in [0.1, 0.15) is 18.3 Å². The van der Waals surface area contributed by atoms with E-state index in [4.69, 9.17) is 4.52 Å². The van der Waals surface area contributed by atoms with Crippen molar-refractivity contribution in [2.24, 2.45) is 0 Å². The molecule has 0 bridgehead atoms. The standard InChI is InChI=1S/C12H14N4O3/c1-3-13-7-11-14-12(19-15-11)9-4-5-10(16(17)18)8(2)6-9/h4-6,13H,3,7H2,1-2H3. The molecule has 1 N–H and O–H groups in total. The van der Waals surface area contributed by atoms with E-state index in [0.717, 1.165) is 6.54 Å². The highest BCUT2D eigenvalue weighted by Crippen LogP contribution is 2.24. The van der Waals surface area contributed by atoms with E-state index in [-0.39, 0.29) is 5.69 Å². The van der Waals surface area contributed by atoms with E-state index in [1.54, 1.807) is 19.1 Å². The second-order valence-electron chi connectivity index (χ2n) is 4.05. The van der Waals surface area contributed by atoms with Crippen molar-refractivity contribution in [1.82, 2.24) is 15.5 Å². The minimum atomic E-state index is -0.413. The predicted octanol–water partition coefficient (Wildman–Crippen LogP) is 2.06. The molecule has 2 rings (SSSR count). The minimum Gasteiger partial charge on any atom is -0.334 e. The lowest BCUT2D eigenvalue weighted by molar-refractivity contribution is -0.385. The molecule has 19 heavy (non-hydrogen) atoms. The highest BCUT2D eigenvalue weighted by Gasteiger charge is 2.14. The van der Waals surface area contributed by atoms with Gasteiger partial charge in [0.15, 0.2) is 5.82 Å². The highest BCUT2D eigenvalue weighted by atomic mass is 16.6. The second-order valence-corrected chi connectivity index (χ2v) is 4.05. The van der Waals surface area contributed by atoms with E-state index in [1.807, 2.05) is 6.92 Å². The molecule has 1 aromatic carbocycles. The van der Waals surface area contributed by atoms with Crippen LogP contribution in [0, 0.1) is 17.0 Å². The van der Waals surface area contributed by atoms with Gasteiger partial charge in [-0.1, -0.05) is 12.1 Å². The first-order chi connectivity index (χ1) is 9.11. The third-order valence-corrected chi connectivity index (χ3v) is 2.64. The molecule has 7 nitrogen and oxygen atoms in total. The molecule has 1 heterocycles. The van der Waals surface area contributed by atoms with Crippen molar-refractivity contribution >= 4 is 5.69 Å². The Kier molecular flexibility index (Phi) is 3.86. The lowest BCUT2D eigenvalue weighted by Crippen LogP contribution is -2.12. The van der Waals surface area contributed by atoms with Crippen molar-refractivity contribution in [2.45, 2.75) is 20.4 Å². The Balaban J connectivity index is 2.24. The smallest absolute Gasteiger partial charge is 0.272 e. The number of aryl methyl sites for hydroxylation is 1. The molecule has 100 valence electrons. The van der Waals surface area contributed by atoms with Crippen molar-refractivity contribution in [3.05, 3.63) is 39.7 Å². The van der Waals surface area contributed by atoms with Gasteiger partial charge < -0.3 is 9.84 Å². The molecule has 0 aliphatic rings. The number of hydrogen-bond acceptors (Lipinski definition) is 6. The van der Waals surface area contributed by atoms with Crippen LogP contribution in [0.3, 0.4) is 0 Å². The lowest BCUT2D eigenvalue weighted by atomic mass is 10.1. The summed E-state index contributed by atoms with van der Waals surface area (Å²) in [6.45, 7) is 5.02.